The van der Waals surface area contributed by atoms with Crippen LogP contribution >= 0.6 is 0 Å². The van der Waals surface area contributed by atoms with Crippen LogP contribution in [0.25, 0.3) is 0 Å². The van der Waals surface area contributed by atoms with E-state index in [2.05, 4.69) is 30.3 Å². The van der Waals surface area contributed by atoms with Gasteiger partial charge in [0, 0.05) is 19.0 Å². The number of hydrogen-bond donors (Lipinski definition) is 1. The summed E-state index contributed by atoms with van der Waals surface area (Å²) in [5.74, 6) is 2.15. The van der Waals surface area contributed by atoms with Gasteiger partial charge in [-0.15, -0.1) is 0 Å². The lowest BCUT2D eigenvalue weighted by Crippen LogP contribution is -2.18. The van der Waals surface area contributed by atoms with E-state index in [0.717, 1.165) is 36.7 Å². The van der Waals surface area contributed by atoms with Gasteiger partial charge in [-0.3, -0.25) is 4.79 Å². The lowest BCUT2D eigenvalue weighted by Gasteiger charge is -2.11. The van der Waals surface area contributed by atoms with Crippen LogP contribution in [0.5, 0.6) is 5.75 Å². The Morgan fingerprint density at radius 2 is 2.27 bits per heavy atom. The molecule has 1 amide bonds. The van der Waals surface area contributed by atoms with Crippen LogP contribution in [0.1, 0.15) is 25.0 Å². The predicted molar refractivity (Wildman–Crippen MR) is 85.0 cm³/mol. The molecule has 0 aliphatic carbocycles. The molecule has 1 N–H and O–H groups in total. The van der Waals surface area contributed by atoms with E-state index < -0.39 is 0 Å². The number of aromatic nitrogens is 2. The molecule has 0 saturated heterocycles. The van der Waals surface area contributed by atoms with Crippen molar-refractivity contribution in [3.05, 3.63) is 41.6 Å². The van der Waals surface area contributed by atoms with Gasteiger partial charge in [0.2, 0.25) is 5.91 Å². The number of nitrogens with zero attached hydrogens (tertiary/aromatic N) is 2. The van der Waals surface area contributed by atoms with Crippen molar-refractivity contribution in [3.63, 3.8) is 0 Å². The first kappa shape index (κ1) is 14.6. The van der Waals surface area contributed by atoms with Crippen molar-refractivity contribution in [2.45, 2.75) is 33.2 Å². The van der Waals surface area contributed by atoms with E-state index in [0.29, 0.717) is 12.3 Å². The van der Waals surface area contributed by atoms with E-state index >= 15 is 0 Å². The topological polar surface area (TPSA) is 56.2 Å². The van der Waals surface area contributed by atoms with Crippen molar-refractivity contribution in [2.75, 3.05) is 11.9 Å². The van der Waals surface area contributed by atoms with Crippen LogP contribution in [0.3, 0.4) is 0 Å². The molecule has 1 aliphatic rings. The molecule has 5 nitrogen and oxygen atoms in total. The van der Waals surface area contributed by atoms with E-state index in [1.807, 2.05) is 22.9 Å². The van der Waals surface area contributed by atoms with Crippen molar-refractivity contribution < 1.29 is 9.53 Å². The maximum Gasteiger partial charge on any atom is 0.229 e. The van der Waals surface area contributed by atoms with E-state index in [1.54, 1.807) is 6.20 Å². The maximum atomic E-state index is 12.2. The molecule has 0 saturated carbocycles. The first-order chi connectivity index (χ1) is 10.6. The first-order valence-corrected chi connectivity index (χ1v) is 7.68. The van der Waals surface area contributed by atoms with Crippen LogP contribution < -0.4 is 10.1 Å². The second kappa shape index (κ2) is 6.22. The Labute approximate surface area is 130 Å². The number of ether oxygens (including phenoxy) is 1. The molecule has 2 aromatic rings. The molecule has 2 heterocycles. The smallest absolute Gasteiger partial charge is 0.229 e. The summed E-state index contributed by atoms with van der Waals surface area (Å²) < 4.78 is 7.32. The monoisotopic (exact) mass is 299 g/mol. The largest absolute Gasteiger partial charge is 0.493 e. The third kappa shape index (κ3) is 3.30. The Morgan fingerprint density at radius 3 is 3.09 bits per heavy atom. The number of rotatable bonds is 5. The van der Waals surface area contributed by atoms with Gasteiger partial charge in [-0.1, -0.05) is 26.0 Å². The molecule has 3 rings (SSSR count). The molecular weight excluding hydrogens is 278 g/mol. The molecular formula is C17H21N3O2. The van der Waals surface area contributed by atoms with Gasteiger partial charge in [0.05, 0.1) is 19.2 Å². The fourth-order valence-corrected chi connectivity index (χ4v) is 2.65. The lowest BCUT2D eigenvalue weighted by atomic mass is 10.1. The zero-order chi connectivity index (χ0) is 15.5. The number of fused-ring (bicyclic) bond motifs is 1. The van der Waals surface area contributed by atoms with Crippen LogP contribution in [0, 0.1) is 5.92 Å². The summed E-state index contributed by atoms with van der Waals surface area (Å²) in [6.07, 6.45) is 3.00. The Bertz CT molecular complexity index is 676. The Hall–Kier alpha value is -2.30. The molecule has 22 heavy (non-hydrogen) atoms. The molecule has 5 heteroatoms. The maximum absolute atomic E-state index is 12.2. The molecule has 0 unspecified atom stereocenters. The van der Waals surface area contributed by atoms with Crippen LogP contribution in [-0.4, -0.2) is 22.3 Å². The van der Waals surface area contributed by atoms with Gasteiger partial charge in [-0.05, 0) is 23.1 Å². The summed E-state index contributed by atoms with van der Waals surface area (Å²) in [6.45, 7) is 5.78. The normalized spacial score (nSPS) is 13.0. The van der Waals surface area contributed by atoms with Gasteiger partial charge in [0.15, 0.2) is 0 Å². The lowest BCUT2D eigenvalue weighted by molar-refractivity contribution is -0.115. The van der Waals surface area contributed by atoms with E-state index in [9.17, 15) is 4.79 Å². The van der Waals surface area contributed by atoms with Gasteiger partial charge in [-0.25, -0.2) is 4.68 Å². The molecule has 0 spiro atoms. The fraction of sp³-hybridized carbons (Fsp3) is 0.412. The second-order valence-corrected chi connectivity index (χ2v) is 6.06. The molecule has 1 aliphatic heterocycles. The van der Waals surface area contributed by atoms with Crippen molar-refractivity contribution in [1.82, 2.24) is 9.78 Å². The highest BCUT2D eigenvalue weighted by molar-refractivity contribution is 5.91. The second-order valence-electron chi connectivity index (χ2n) is 6.06. The third-order valence-corrected chi connectivity index (χ3v) is 3.64. The quantitative estimate of drug-likeness (QED) is 0.923. The highest BCUT2D eigenvalue weighted by Gasteiger charge is 2.14. The average Bonchev–Trinajstić information content (AvgIpc) is 3.07. The van der Waals surface area contributed by atoms with Crippen molar-refractivity contribution in [2.24, 2.45) is 5.92 Å². The fourth-order valence-electron chi connectivity index (χ4n) is 2.65. The first-order valence-electron chi connectivity index (χ1n) is 7.68. The summed E-state index contributed by atoms with van der Waals surface area (Å²) in [6, 6.07) is 7.80. The molecule has 0 radical (unpaired) electrons. The molecule has 1 aromatic carbocycles. The molecule has 0 fully saturated rings. The third-order valence-electron chi connectivity index (χ3n) is 3.64. The summed E-state index contributed by atoms with van der Waals surface area (Å²) >= 11 is 0. The summed E-state index contributed by atoms with van der Waals surface area (Å²) in [7, 11) is 0. The Balaban J connectivity index is 1.64. The number of nitrogens with one attached hydrogen (secondary N) is 1. The van der Waals surface area contributed by atoms with Crippen LogP contribution in [0.15, 0.2) is 30.5 Å². The molecule has 0 atom stereocenters. The van der Waals surface area contributed by atoms with Gasteiger partial charge in [0.25, 0.3) is 0 Å². The molecule has 1 aromatic heterocycles. The minimum Gasteiger partial charge on any atom is -0.493 e. The van der Waals surface area contributed by atoms with Crippen molar-refractivity contribution in [1.29, 1.82) is 0 Å². The number of hydrogen-bond acceptors (Lipinski definition) is 3. The average molecular weight is 299 g/mol. The number of carbonyl (C=O) groups excluding carboxylic acids is 1. The summed E-state index contributed by atoms with van der Waals surface area (Å²) in [4.78, 5) is 12.2. The summed E-state index contributed by atoms with van der Waals surface area (Å²) in [5.41, 5.74) is 2.20. The van der Waals surface area contributed by atoms with E-state index in [1.165, 1.54) is 5.56 Å². The van der Waals surface area contributed by atoms with Crippen LogP contribution in [0.2, 0.25) is 0 Å². The Morgan fingerprint density at radius 1 is 1.41 bits per heavy atom. The van der Waals surface area contributed by atoms with E-state index in [4.69, 9.17) is 4.74 Å². The summed E-state index contributed by atoms with van der Waals surface area (Å²) in [5, 5.41) is 7.19. The number of carbonyl (C=O) groups is 1. The van der Waals surface area contributed by atoms with Crippen LogP contribution in [-0.2, 0) is 24.2 Å². The standard InChI is InChI=1S/C17H21N3O2/c1-12(2)11-20-16(5-7-18-20)19-17(21)10-13-3-4-15-14(9-13)6-8-22-15/h3-5,7,9,12H,6,8,10-11H2,1-2H3,(H,19,21). The number of benzene rings is 1. The molecule has 0 bridgehead atoms. The number of amides is 1. The predicted octanol–water partition coefficient (Wildman–Crippen LogP) is 2.66. The van der Waals surface area contributed by atoms with E-state index in [-0.39, 0.29) is 5.91 Å². The Kier molecular flexibility index (Phi) is 4.13. The highest BCUT2D eigenvalue weighted by Crippen LogP contribution is 2.26. The number of anilines is 1. The SMILES string of the molecule is CC(C)Cn1nccc1NC(=O)Cc1ccc2c(c1)CCO2. The van der Waals surface area contributed by atoms with Crippen molar-refractivity contribution in [3.8, 4) is 5.75 Å². The van der Waals surface area contributed by atoms with Gasteiger partial charge < -0.3 is 10.1 Å². The van der Waals surface area contributed by atoms with Gasteiger partial charge in [0.1, 0.15) is 11.6 Å². The van der Waals surface area contributed by atoms with Crippen LogP contribution in [0.4, 0.5) is 5.82 Å². The highest BCUT2D eigenvalue weighted by atomic mass is 16.5. The zero-order valence-electron chi connectivity index (χ0n) is 13.0. The van der Waals surface area contributed by atoms with Gasteiger partial charge >= 0.3 is 0 Å². The zero-order valence-corrected chi connectivity index (χ0v) is 13.0. The molecule has 116 valence electrons. The van der Waals surface area contributed by atoms with Gasteiger partial charge in [-0.2, -0.15) is 5.10 Å². The van der Waals surface area contributed by atoms with Crippen molar-refractivity contribution >= 4 is 11.7 Å². The minimum absolute atomic E-state index is 0.0237. The minimum atomic E-state index is -0.0237.